The van der Waals surface area contributed by atoms with Crippen LogP contribution in [-0.4, -0.2) is 33.8 Å². The van der Waals surface area contributed by atoms with Crippen molar-refractivity contribution in [1.29, 1.82) is 0 Å². The van der Waals surface area contributed by atoms with E-state index >= 15 is 0 Å². The lowest BCUT2D eigenvalue weighted by Gasteiger charge is -2.12. The molecule has 1 N–H and O–H groups in total. The van der Waals surface area contributed by atoms with E-state index in [9.17, 15) is 14.9 Å². The van der Waals surface area contributed by atoms with Gasteiger partial charge in [-0.05, 0) is 29.8 Å². The van der Waals surface area contributed by atoms with Crippen LogP contribution in [0, 0.1) is 10.1 Å². The standard InChI is InChI=1S/C20H17ClN4O5/c21-16-9-13(10-18-19(16)30-8-2-7-29-18)12-22-20(26)17-5-6-24(23-17)14-3-1-4-15(11-14)25(27)28/h1,3-6,9-11H,2,7-8,12H2,(H,22,26). The van der Waals surface area contributed by atoms with Gasteiger partial charge in [0.15, 0.2) is 17.2 Å². The first kappa shape index (κ1) is 19.7. The molecule has 0 atom stereocenters. The fourth-order valence-corrected chi connectivity index (χ4v) is 3.28. The van der Waals surface area contributed by atoms with Crippen molar-refractivity contribution in [3.05, 3.63) is 75.1 Å². The number of non-ortho nitro benzene ring substituents is 1. The summed E-state index contributed by atoms with van der Waals surface area (Å²) < 4.78 is 12.7. The first-order valence-electron chi connectivity index (χ1n) is 9.18. The average Bonchev–Trinajstić information content (AvgIpc) is 3.11. The Morgan fingerprint density at radius 1 is 1.23 bits per heavy atom. The zero-order chi connectivity index (χ0) is 21.1. The fraction of sp³-hybridized carbons (Fsp3) is 0.200. The minimum absolute atomic E-state index is 0.0553. The highest BCUT2D eigenvalue weighted by atomic mass is 35.5. The van der Waals surface area contributed by atoms with Crippen LogP contribution < -0.4 is 14.8 Å². The zero-order valence-electron chi connectivity index (χ0n) is 15.7. The molecule has 154 valence electrons. The smallest absolute Gasteiger partial charge is 0.272 e. The van der Waals surface area contributed by atoms with Crippen LogP contribution in [0.25, 0.3) is 5.69 Å². The lowest BCUT2D eigenvalue weighted by molar-refractivity contribution is -0.384. The van der Waals surface area contributed by atoms with Crippen LogP contribution in [0.4, 0.5) is 5.69 Å². The Bertz CT molecular complexity index is 1110. The number of halogens is 1. The molecule has 1 aliphatic heterocycles. The number of hydrogen-bond acceptors (Lipinski definition) is 6. The van der Waals surface area contributed by atoms with Gasteiger partial charge in [-0.25, -0.2) is 4.68 Å². The normalized spacial score (nSPS) is 12.8. The second-order valence-corrected chi connectivity index (χ2v) is 6.97. The topological polar surface area (TPSA) is 109 Å². The van der Waals surface area contributed by atoms with Crippen molar-refractivity contribution in [2.45, 2.75) is 13.0 Å². The summed E-state index contributed by atoms with van der Waals surface area (Å²) in [7, 11) is 0. The Kier molecular flexibility index (Phi) is 5.53. The summed E-state index contributed by atoms with van der Waals surface area (Å²) in [6.45, 7) is 1.29. The highest BCUT2D eigenvalue weighted by Gasteiger charge is 2.17. The van der Waals surface area contributed by atoms with Crippen molar-refractivity contribution in [3.8, 4) is 17.2 Å². The van der Waals surface area contributed by atoms with E-state index in [0.29, 0.717) is 35.4 Å². The summed E-state index contributed by atoms with van der Waals surface area (Å²) in [5.41, 5.74) is 1.37. The molecule has 2 aromatic carbocycles. The van der Waals surface area contributed by atoms with Gasteiger partial charge in [-0.3, -0.25) is 14.9 Å². The molecule has 9 nitrogen and oxygen atoms in total. The van der Waals surface area contributed by atoms with Gasteiger partial charge in [0.2, 0.25) is 0 Å². The van der Waals surface area contributed by atoms with Gasteiger partial charge in [0.25, 0.3) is 11.6 Å². The Morgan fingerprint density at radius 3 is 2.90 bits per heavy atom. The molecule has 10 heteroatoms. The highest BCUT2D eigenvalue weighted by molar-refractivity contribution is 6.32. The molecule has 1 aromatic heterocycles. The molecule has 0 radical (unpaired) electrons. The molecule has 0 saturated heterocycles. The van der Waals surface area contributed by atoms with Crippen LogP contribution >= 0.6 is 11.6 Å². The molecule has 0 aliphatic carbocycles. The van der Waals surface area contributed by atoms with E-state index in [2.05, 4.69) is 10.4 Å². The summed E-state index contributed by atoms with van der Waals surface area (Å²) >= 11 is 6.28. The van der Waals surface area contributed by atoms with Gasteiger partial charge in [-0.1, -0.05) is 17.7 Å². The van der Waals surface area contributed by atoms with Gasteiger partial charge in [0.1, 0.15) is 0 Å². The molecule has 2 heterocycles. The summed E-state index contributed by atoms with van der Waals surface area (Å²) in [6, 6.07) is 11.0. The number of aromatic nitrogens is 2. The number of ether oxygens (including phenoxy) is 2. The predicted molar refractivity (Wildman–Crippen MR) is 108 cm³/mol. The van der Waals surface area contributed by atoms with Crippen LogP contribution in [0.1, 0.15) is 22.5 Å². The number of nitrogens with one attached hydrogen (secondary N) is 1. The molecule has 0 bridgehead atoms. The first-order chi connectivity index (χ1) is 14.5. The number of nitro benzene ring substituents is 1. The molecule has 3 aromatic rings. The molecule has 0 fully saturated rings. The van der Waals surface area contributed by atoms with E-state index in [1.54, 1.807) is 30.5 Å². The lowest BCUT2D eigenvalue weighted by Crippen LogP contribution is -2.23. The summed E-state index contributed by atoms with van der Waals surface area (Å²) in [5.74, 6) is 0.682. The molecule has 1 amide bonds. The van der Waals surface area contributed by atoms with E-state index in [1.165, 1.54) is 22.9 Å². The van der Waals surface area contributed by atoms with Crippen LogP contribution in [0.2, 0.25) is 5.02 Å². The number of fused-ring (bicyclic) bond motifs is 1. The highest BCUT2D eigenvalue weighted by Crippen LogP contribution is 2.37. The molecule has 30 heavy (non-hydrogen) atoms. The number of carbonyl (C=O) groups excluding carboxylic acids is 1. The Morgan fingerprint density at radius 2 is 2.07 bits per heavy atom. The zero-order valence-corrected chi connectivity index (χ0v) is 16.5. The Balaban J connectivity index is 1.45. The molecular weight excluding hydrogens is 412 g/mol. The minimum atomic E-state index is -0.485. The Labute approximate surface area is 176 Å². The van der Waals surface area contributed by atoms with Crippen molar-refractivity contribution < 1.29 is 19.2 Å². The third kappa shape index (κ3) is 4.20. The van der Waals surface area contributed by atoms with Crippen molar-refractivity contribution in [1.82, 2.24) is 15.1 Å². The van der Waals surface area contributed by atoms with Gasteiger partial charge in [0, 0.05) is 31.3 Å². The van der Waals surface area contributed by atoms with Gasteiger partial charge >= 0.3 is 0 Å². The maximum absolute atomic E-state index is 12.5. The summed E-state index contributed by atoms with van der Waals surface area (Å²) in [4.78, 5) is 22.9. The van der Waals surface area contributed by atoms with E-state index in [1.807, 2.05) is 0 Å². The average molecular weight is 429 g/mol. The maximum atomic E-state index is 12.5. The number of rotatable bonds is 5. The molecular formula is C20H17ClN4O5. The second-order valence-electron chi connectivity index (χ2n) is 6.56. The van der Waals surface area contributed by atoms with Crippen LogP contribution in [0.5, 0.6) is 11.5 Å². The molecule has 1 aliphatic rings. The number of nitrogens with zero attached hydrogens (tertiary/aromatic N) is 3. The van der Waals surface area contributed by atoms with E-state index in [4.69, 9.17) is 21.1 Å². The van der Waals surface area contributed by atoms with Crippen molar-refractivity contribution >= 4 is 23.2 Å². The van der Waals surface area contributed by atoms with Crippen molar-refractivity contribution in [3.63, 3.8) is 0 Å². The van der Waals surface area contributed by atoms with Crippen LogP contribution in [-0.2, 0) is 6.54 Å². The first-order valence-corrected chi connectivity index (χ1v) is 9.56. The molecule has 0 saturated carbocycles. The minimum Gasteiger partial charge on any atom is -0.489 e. The van der Waals surface area contributed by atoms with Crippen molar-refractivity contribution in [2.75, 3.05) is 13.2 Å². The SMILES string of the molecule is O=C(NCc1cc(Cl)c2c(c1)OCCCO2)c1ccn(-c2cccc([N+](=O)[O-])c2)n1. The van der Waals surface area contributed by atoms with Gasteiger partial charge in [-0.15, -0.1) is 0 Å². The number of hydrogen-bond donors (Lipinski definition) is 1. The number of benzene rings is 2. The van der Waals surface area contributed by atoms with Gasteiger partial charge in [0.05, 0.1) is 28.8 Å². The van der Waals surface area contributed by atoms with E-state index < -0.39 is 4.92 Å². The molecule has 0 unspecified atom stereocenters. The monoisotopic (exact) mass is 428 g/mol. The summed E-state index contributed by atoms with van der Waals surface area (Å²) in [5, 5.41) is 18.3. The number of amides is 1. The predicted octanol–water partition coefficient (Wildman–Crippen LogP) is 3.53. The Hall–Kier alpha value is -3.59. The van der Waals surface area contributed by atoms with E-state index in [-0.39, 0.29) is 23.8 Å². The maximum Gasteiger partial charge on any atom is 0.272 e. The van der Waals surface area contributed by atoms with Crippen LogP contribution in [0.15, 0.2) is 48.7 Å². The van der Waals surface area contributed by atoms with Crippen LogP contribution in [0.3, 0.4) is 0 Å². The fourth-order valence-electron chi connectivity index (χ4n) is 3.00. The largest absolute Gasteiger partial charge is 0.489 e. The quantitative estimate of drug-likeness (QED) is 0.492. The molecule has 4 rings (SSSR count). The van der Waals surface area contributed by atoms with Crippen molar-refractivity contribution in [2.24, 2.45) is 0 Å². The number of carbonyl (C=O) groups is 1. The second kappa shape index (κ2) is 8.42. The summed E-state index contributed by atoms with van der Waals surface area (Å²) in [6.07, 6.45) is 2.34. The third-order valence-electron chi connectivity index (χ3n) is 4.44. The van der Waals surface area contributed by atoms with Gasteiger partial charge < -0.3 is 14.8 Å². The third-order valence-corrected chi connectivity index (χ3v) is 4.72. The number of nitro groups is 1. The molecule has 0 spiro atoms. The lowest BCUT2D eigenvalue weighted by atomic mass is 10.2. The van der Waals surface area contributed by atoms with Gasteiger partial charge in [-0.2, -0.15) is 5.10 Å². The van der Waals surface area contributed by atoms with E-state index in [0.717, 1.165) is 12.0 Å².